The van der Waals surface area contributed by atoms with Gasteiger partial charge in [-0.2, -0.15) is 0 Å². The summed E-state index contributed by atoms with van der Waals surface area (Å²) in [4.78, 5) is 27.2. The number of H-pyrrole nitrogens is 1. The molecule has 2 rings (SSSR count). The van der Waals surface area contributed by atoms with E-state index < -0.39 is 5.91 Å². The topological polar surface area (TPSA) is 62.0 Å². The van der Waals surface area contributed by atoms with Crippen molar-refractivity contribution < 1.29 is 4.79 Å². The van der Waals surface area contributed by atoms with Gasteiger partial charge in [0.2, 0.25) is 0 Å². The summed E-state index contributed by atoms with van der Waals surface area (Å²) in [6.45, 7) is 0. The van der Waals surface area contributed by atoms with E-state index in [1.807, 2.05) is 24.5 Å². The molecular weight excluding hydrogens is 248 g/mol. The van der Waals surface area contributed by atoms with Gasteiger partial charge in [0, 0.05) is 29.0 Å². The van der Waals surface area contributed by atoms with Crippen molar-refractivity contribution in [2.75, 3.05) is 11.6 Å². The lowest BCUT2D eigenvalue weighted by molar-refractivity contribution is 0.102. The third-order valence-electron chi connectivity index (χ3n) is 2.40. The Morgan fingerprint density at radius 3 is 2.89 bits per heavy atom. The highest BCUT2D eigenvalue weighted by Crippen LogP contribution is 2.19. The Hall–Kier alpha value is -2.01. The fraction of sp³-hybridized carbons (Fsp3) is 0.0769. The number of amides is 1. The molecule has 4 nitrogen and oxygen atoms in total. The molecular formula is C13H12N2O2S. The van der Waals surface area contributed by atoms with Gasteiger partial charge in [-0.3, -0.25) is 9.59 Å². The third-order valence-corrected chi connectivity index (χ3v) is 3.12. The zero-order chi connectivity index (χ0) is 13.0. The van der Waals surface area contributed by atoms with Crippen LogP contribution in [0.4, 0.5) is 5.69 Å². The highest BCUT2D eigenvalue weighted by molar-refractivity contribution is 7.98. The molecule has 0 saturated heterocycles. The van der Waals surface area contributed by atoms with Crippen molar-refractivity contribution in [3.63, 3.8) is 0 Å². The van der Waals surface area contributed by atoms with Gasteiger partial charge in [0.25, 0.3) is 5.91 Å². The summed E-state index contributed by atoms with van der Waals surface area (Å²) >= 11 is 1.59. The predicted octanol–water partition coefficient (Wildman–Crippen LogP) is 2.35. The summed E-state index contributed by atoms with van der Waals surface area (Å²) in [6, 6.07) is 8.79. The fourth-order valence-electron chi connectivity index (χ4n) is 1.49. The third kappa shape index (κ3) is 2.81. The molecule has 1 heterocycles. The van der Waals surface area contributed by atoms with Crippen molar-refractivity contribution in [1.29, 1.82) is 0 Å². The maximum absolute atomic E-state index is 11.9. The van der Waals surface area contributed by atoms with Gasteiger partial charge in [-0.15, -0.1) is 11.8 Å². The second-order valence-corrected chi connectivity index (χ2v) is 4.49. The molecule has 0 radical (unpaired) electrons. The molecule has 5 heteroatoms. The number of pyridine rings is 1. The van der Waals surface area contributed by atoms with Gasteiger partial charge in [-0.05, 0) is 24.5 Å². The first kappa shape index (κ1) is 12.4. The van der Waals surface area contributed by atoms with Gasteiger partial charge in [0.1, 0.15) is 5.56 Å². The van der Waals surface area contributed by atoms with Crippen LogP contribution in [-0.4, -0.2) is 17.1 Å². The SMILES string of the molecule is CSc1cccc(NC(=O)c2c[nH]ccc2=O)c1. The fourth-order valence-corrected chi connectivity index (χ4v) is 1.95. The summed E-state index contributed by atoms with van der Waals surface area (Å²) in [7, 11) is 0. The van der Waals surface area contributed by atoms with Crippen LogP contribution in [0.25, 0.3) is 0 Å². The number of benzene rings is 1. The highest BCUT2D eigenvalue weighted by atomic mass is 32.2. The van der Waals surface area contributed by atoms with Crippen molar-refractivity contribution in [3.05, 3.63) is 58.5 Å². The molecule has 0 bridgehead atoms. The van der Waals surface area contributed by atoms with Crippen LogP contribution in [0.3, 0.4) is 0 Å². The van der Waals surface area contributed by atoms with Crippen molar-refractivity contribution in [2.24, 2.45) is 0 Å². The highest BCUT2D eigenvalue weighted by Gasteiger charge is 2.09. The molecule has 18 heavy (non-hydrogen) atoms. The molecule has 1 aromatic carbocycles. The average molecular weight is 260 g/mol. The summed E-state index contributed by atoms with van der Waals surface area (Å²) < 4.78 is 0. The van der Waals surface area contributed by atoms with E-state index in [1.54, 1.807) is 17.8 Å². The molecule has 2 aromatic rings. The van der Waals surface area contributed by atoms with Crippen molar-refractivity contribution in [2.45, 2.75) is 4.90 Å². The number of anilines is 1. The normalized spacial score (nSPS) is 10.1. The number of aromatic nitrogens is 1. The number of hydrogen-bond donors (Lipinski definition) is 2. The summed E-state index contributed by atoms with van der Waals surface area (Å²) in [5, 5.41) is 2.70. The summed E-state index contributed by atoms with van der Waals surface area (Å²) in [5.74, 6) is -0.407. The number of nitrogens with one attached hydrogen (secondary N) is 2. The van der Waals surface area contributed by atoms with Gasteiger partial charge in [-0.1, -0.05) is 6.07 Å². The Kier molecular flexibility index (Phi) is 3.84. The minimum atomic E-state index is -0.407. The quantitative estimate of drug-likeness (QED) is 0.833. The van der Waals surface area contributed by atoms with Crippen LogP contribution in [-0.2, 0) is 0 Å². The molecule has 0 fully saturated rings. The molecule has 0 aliphatic heterocycles. The Morgan fingerprint density at radius 2 is 2.17 bits per heavy atom. The van der Waals surface area contributed by atoms with E-state index in [-0.39, 0.29) is 11.0 Å². The Labute approximate surface area is 108 Å². The molecule has 0 saturated carbocycles. The molecule has 92 valence electrons. The Balaban J connectivity index is 2.21. The second-order valence-electron chi connectivity index (χ2n) is 3.61. The monoisotopic (exact) mass is 260 g/mol. The van der Waals surface area contributed by atoms with E-state index in [0.29, 0.717) is 5.69 Å². The second kappa shape index (κ2) is 5.55. The predicted molar refractivity (Wildman–Crippen MR) is 73.2 cm³/mol. The Bertz CT molecular complexity index is 622. The van der Waals surface area contributed by atoms with Gasteiger partial charge >= 0.3 is 0 Å². The van der Waals surface area contributed by atoms with Crippen molar-refractivity contribution >= 4 is 23.4 Å². The number of hydrogen-bond acceptors (Lipinski definition) is 3. The lowest BCUT2D eigenvalue weighted by atomic mass is 10.2. The molecule has 0 aliphatic carbocycles. The van der Waals surface area contributed by atoms with Crippen LogP contribution < -0.4 is 10.7 Å². The number of rotatable bonds is 3. The first-order chi connectivity index (χ1) is 8.70. The van der Waals surface area contributed by atoms with Crippen LogP contribution in [0, 0.1) is 0 Å². The smallest absolute Gasteiger partial charge is 0.261 e. The zero-order valence-corrected chi connectivity index (χ0v) is 10.6. The summed E-state index contributed by atoms with van der Waals surface area (Å²) in [5.41, 5.74) is 0.481. The van der Waals surface area contributed by atoms with Gasteiger partial charge in [-0.25, -0.2) is 0 Å². The van der Waals surface area contributed by atoms with Crippen LogP contribution in [0.1, 0.15) is 10.4 Å². The molecule has 0 spiro atoms. The van der Waals surface area contributed by atoms with Crippen LogP contribution in [0.5, 0.6) is 0 Å². The van der Waals surface area contributed by atoms with E-state index >= 15 is 0 Å². The van der Waals surface area contributed by atoms with E-state index in [4.69, 9.17) is 0 Å². The van der Waals surface area contributed by atoms with Crippen molar-refractivity contribution in [1.82, 2.24) is 4.98 Å². The molecule has 0 unspecified atom stereocenters. The lowest BCUT2D eigenvalue weighted by Gasteiger charge is -2.05. The van der Waals surface area contributed by atoms with Gasteiger partial charge in [0.05, 0.1) is 0 Å². The maximum Gasteiger partial charge on any atom is 0.261 e. The minimum Gasteiger partial charge on any atom is -0.367 e. The molecule has 0 atom stereocenters. The lowest BCUT2D eigenvalue weighted by Crippen LogP contribution is -2.20. The number of carbonyl (C=O) groups is 1. The molecule has 2 N–H and O–H groups in total. The first-order valence-electron chi connectivity index (χ1n) is 5.33. The summed E-state index contributed by atoms with van der Waals surface area (Å²) in [6.07, 6.45) is 4.85. The van der Waals surface area contributed by atoms with E-state index in [2.05, 4.69) is 10.3 Å². The number of aromatic amines is 1. The maximum atomic E-state index is 11.9. The standard InChI is InChI=1S/C13H12N2O2S/c1-18-10-4-2-3-9(7-10)15-13(17)11-8-14-6-5-12(11)16/h2-8H,1H3,(H,14,16)(H,15,17). The number of thioether (sulfide) groups is 1. The number of carbonyl (C=O) groups excluding carboxylic acids is 1. The van der Waals surface area contributed by atoms with Crippen molar-refractivity contribution in [3.8, 4) is 0 Å². The molecule has 1 amide bonds. The zero-order valence-electron chi connectivity index (χ0n) is 9.77. The van der Waals surface area contributed by atoms with E-state index in [1.165, 1.54) is 18.5 Å². The largest absolute Gasteiger partial charge is 0.367 e. The van der Waals surface area contributed by atoms with E-state index in [9.17, 15) is 9.59 Å². The minimum absolute atomic E-state index is 0.104. The van der Waals surface area contributed by atoms with Crippen LogP contribution in [0.2, 0.25) is 0 Å². The van der Waals surface area contributed by atoms with Gasteiger partial charge < -0.3 is 10.3 Å². The Morgan fingerprint density at radius 1 is 1.33 bits per heavy atom. The van der Waals surface area contributed by atoms with Gasteiger partial charge in [0.15, 0.2) is 5.43 Å². The first-order valence-corrected chi connectivity index (χ1v) is 6.55. The average Bonchev–Trinajstić information content (AvgIpc) is 2.39. The molecule has 1 aromatic heterocycles. The van der Waals surface area contributed by atoms with Crippen LogP contribution in [0.15, 0.2) is 52.4 Å². The van der Waals surface area contributed by atoms with Crippen LogP contribution >= 0.6 is 11.8 Å². The molecule has 0 aliphatic rings. The van der Waals surface area contributed by atoms with E-state index in [0.717, 1.165) is 4.90 Å².